The standard InChI is InChI=1S/C21H27N5O2.ClH/c27-20(16-5-2-6-16)24-17-7-1-4-15(12-17)13-23-21(28)19-9-11-26(25-19)18-8-3-10-22-14-18;/h1,4,7,9,11-12,16,18,22H,2-3,5-6,8,10,13-14H2,(H,23,28)(H,24,27);1H. The van der Waals surface area contributed by atoms with Gasteiger partial charge in [-0.3, -0.25) is 14.3 Å². The van der Waals surface area contributed by atoms with Gasteiger partial charge < -0.3 is 16.0 Å². The van der Waals surface area contributed by atoms with Gasteiger partial charge in [0.2, 0.25) is 5.91 Å². The molecule has 1 aliphatic carbocycles. The Kier molecular flexibility index (Phi) is 7.28. The number of carbonyl (C=O) groups excluding carboxylic acids is 2. The molecule has 3 N–H and O–H groups in total. The Morgan fingerprint density at radius 2 is 2.03 bits per heavy atom. The molecule has 8 heteroatoms. The Bertz CT molecular complexity index is 843. The number of hydrogen-bond donors (Lipinski definition) is 3. The van der Waals surface area contributed by atoms with Crippen molar-refractivity contribution in [3.63, 3.8) is 0 Å². The number of benzene rings is 1. The predicted molar refractivity (Wildman–Crippen MR) is 114 cm³/mol. The molecule has 1 saturated carbocycles. The van der Waals surface area contributed by atoms with Crippen molar-refractivity contribution in [1.82, 2.24) is 20.4 Å². The third-order valence-electron chi connectivity index (χ3n) is 5.61. The van der Waals surface area contributed by atoms with E-state index in [1.165, 1.54) is 0 Å². The fourth-order valence-electron chi connectivity index (χ4n) is 3.67. The van der Waals surface area contributed by atoms with Gasteiger partial charge in [-0.05, 0) is 56.0 Å². The molecule has 2 fully saturated rings. The van der Waals surface area contributed by atoms with Gasteiger partial charge in [-0.15, -0.1) is 12.4 Å². The Balaban J connectivity index is 0.00000240. The van der Waals surface area contributed by atoms with Crippen LogP contribution in [0.3, 0.4) is 0 Å². The maximum absolute atomic E-state index is 12.4. The van der Waals surface area contributed by atoms with Crippen molar-refractivity contribution >= 4 is 29.9 Å². The van der Waals surface area contributed by atoms with Crippen molar-refractivity contribution in [1.29, 1.82) is 0 Å². The molecule has 2 amide bonds. The number of nitrogens with one attached hydrogen (secondary N) is 3. The number of halogens is 1. The van der Waals surface area contributed by atoms with Crippen molar-refractivity contribution in [2.24, 2.45) is 5.92 Å². The summed E-state index contributed by atoms with van der Waals surface area (Å²) in [6.45, 7) is 2.33. The van der Waals surface area contributed by atoms with Crippen LogP contribution in [0.2, 0.25) is 0 Å². The molecule has 0 spiro atoms. The first-order valence-corrected chi connectivity index (χ1v) is 10.1. The summed E-state index contributed by atoms with van der Waals surface area (Å²) in [4.78, 5) is 24.5. The zero-order chi connectivity index (χ0) is 19.3. The summed E-state index contributed by atoms with van der Waals surface area (Å²) in [5, 5.41) is 13.7. The minimum absolute atomic E-state index is 0. The van der Waals surface area contributed by atoms with Crippen LogP contribution in [0.4, 0.5) is 5.69 Å². The molecule has 0 radical (unpaired) electrons. The van der Waals surface area contributed by atoms with Crippen molar-refractivity contribution in [2.75, 3.05) is 18.4 Å². The van der Waals surface area contributed by atoms with Gasteiger partial charge in [0.15, 0.2) is 0 Å². The molecule has 1 aliphatic heterocycles. The van der Waals surface area contributed by atoms with E-state index < -0.39 is 0 Å². The highest BCUT2D eigenvalue weighted by molar-refractivity contribution is 5.93. The van der Waals surface area contributed by atoms with Gasteiger partial charge >= 0.3 is 0 Å². The lowest BCUT2D eigenvalue weighted by Gasteiger charge is -2.24. The number of hydrogen-bond acceptors (Lipinski definition) is 4. The highest BCUT2D eigenvalue weighted by atomic mass is 35.5. The number of piperidine rings is 1. The van der Waals surface area contributed by atoms with Crippen molar-refractivity contribution < 1.29 is 9.59 Å². The van der Waals surface area contributed by atoms with E-state index >= 15 is 0 Å². The highest BCUT2D eigenvalue weighted by Crippen LogP contribution is 2.27. The molecule has 4 rings (SSSR count). The van der Waals surface area contributed by atoms with Gasteiger partial charge in [0.25, 0.3) is 5.91 Å². The Morgan fingerprint density at radius 1 is 1.17 bits per heavy atom. The third kappa shape index (κ3) is 5.36. The molecule has 1 saturated heterocycles. The lowest BCUT2D eigenvalue weighted by molar-refractivity contribution is -0.122. The van der Waals surface area contributed by atoms with Gasteiger partial charge in [0.05, 0.1) is 6.04 Å². The number of anilines is 1. The first-order valence-electron chi connectivity index (χ1n) is 10.1. The molecule has 156 valence electrons. The molecule has 7 nitrogen and oxygen atoms in total. The Morgan fingerprint density at radius 3 is 2.76 bits per heavy atom. The Labute approximate surface area is 177 Å². The summed E-state index contributed by atoms with van der Waals surface area (Å²) >= 11 is 0. The second-order valence-corrected chi connectivity index (χ2v) is 7.68. The van der Waals surface area contributed by atoms with E-state index in [1.807, 2.05) is 35.1 Å². The maximum Gasteiger partial charge on any atom is 0.272 e. The predicted octanol–water partition coefficient (Wildman–Crippen LogP) is 2.90. The van der Waals surface area contributed by atoms with E-state index in [0.29, 0.717) is 18.3 Å². The smallest absolute Gasteiger partial charge is 0.272 e. The molecule has 2 aliphatic rings. The van der Waals surface area contributed by atoms with E-state index in [2.05, 4.69) is 21.0 Å². The molecule has 1 aromatic carbocycles. The van der Waals surface area contributed by atoms with Gasteiger partial charge in [-0.1, -0.05) is 18.6 Å². The summed E-state index contributed by atoms with van der Waals surface area (Å²) < 4.78 is 1.89. The average molecular weight is 418 g/mol. The summed E-state index contributed by atoms with van der Waals surface area (Å²) in [5.74, 6) is 0.0550. The number of amides is 2. The monoisotopic (exact) mass is 417 g/mol. The third-order valence-corrected chi connectivity index (χ3v) is 5.61. The number of aromatic nitrogens is 2. The fourth-order valence-corrected chi connectivity index (χ4v) is 3.67. The van der Waals surface area contributed by atoms with E-state index in [9.17, 15) is 9.59 Å². The quantitative estimate of drug-likeness (QED) is 0.674. The van der Waals surface area contributed by atoms with Crippen LogP contribution in [0.15, 0.2) is 36.5 Å². The van der Waals surface area contributed by atoms with Crippen LogP contribution in [0, 0.1) is 5.92 Å². The molecule has 2 aromatic rings. The summed E-state index contributed by atoms with van der Waals surface area (Å²) in [6, 6.07) is 9.68. The number of rotatable bonds is 6. The van der Waals surface area contributed by atoms with Crippen LogP contribution in [-0.2, 0) is 11.3 Å². The lowest BCUT2D eigenvalue weighted by Crippen LogP contribution is -2.32. The summed E-state index contributed by atoms with van der Waals surface area (Å²) in [6.07, 6.45) is 7.17. The second-order valence-electron chi connectivity index (χ2n) is 7.68. The summed E-state index contributed by atoms with van der Waals surface area (Å²) in [5.41, 5.74) is 2.15. The molecule has 29 heavy (non-hydrogen) atoms. The lowest BCUT2D eigenvalue weighted by atomic mass is 9.85. The van der Waals surface area contributed by atoms with E-state index in [1.54, 1.807) is 6.07 Å². The van der Waals surface area contributed by atoms with E-state index in [4.69, 9.17) is 0 Å². The minimum Gasteiger partial charge on any atom is -0.347 e. The first-order chi connectivity index (χ1) is 13.7. The molecule has 2 heterocycles. The second kappa shape index (κ2) is 9.89. The average Bonchev–Trinajstić information content (AvgIpc) is 3.16. The molecule has 1 atom stereocenters. The van der Waals surface area contributed by atoms with Crippen LogP contribution < -0.4 is 16.0 Å². The zero-order valence-electron chi connectivity index (χ0n) is 16.4. The highest BCUT2D eigenvalue weighted by Gasteiger charge is 2.25. The summed E-state index contributed by atoms with van der Waals surface area (Å²) in [7, 11) is 0. The molecule has 1 aromatic heterocycles. The zero-order valence-corrected chi connectivity index (χ0v) is 17.2. The topological polar surface area (TPSA) is 88.0 Å². The first kappa shape index (κ1) is 21.3. The van der Waals surface area contributed by atoms with Crippen LogP contribution in [-0.4, -0.2) is 34.7 Å². The number of nitrogens with zero attached hydrogens (tertiary/aromatic N) is 2. The van der Waals surface area contributed by atoms with Crippen LogP contribution in [0.1, 0.15) is 54.2 Å². The van der Waals surface area contributed by atoms with Gasteiger partial charge in [-0.25, -0.2) is 0 Å². The van der Waals surface area contributed by atoms with E-state index in [-0.39, 0.29) is 30.1 Å². The largest absolute Gasteiger partial charge is 0.347 e. The SMILES string of the molecule is Cl.O=C(NCc1cccc(NC(=O)C2CCC2)c1)c1ccn(C2CCCNC2)n1. The van der Waals surface area contributed by atoms with Crippen molar-refractivity contribution in [2.45, 2.75) is 44.7 Å². The van der Waals surface area contributed by atoms with Crippen LogP contribution in [0.5, 0.6) is 0 Å². The maximum atomic E-state index is 12.4. The Hall–Kier alpha value is -2.38. The molecule has 1 unspecified atom stereocenters. The van der Waals surface area contributed by atoms with E-state index in [0.717, 1.165) is 56.4 Å². The minimum atomic E-state index is -0.188. The van der Waals surface area contributed by atoms with Crippen LogP contribution in [0.25, 0.3) is 0 Å². The van der Waals surface area contributed by atoms with Crippen molar-refractivity contribution in [3.05, 3.63) is 47.8 Å². The van der Waals surface area contributed by atoms with Crippen molar-refractivity contribution in [3.8, 4) is 0 Å². The van der Waals surface area contributed by atoms with Gasteiger partial charge in [-0.2, -0.15) is 5.10 Å². The van der Waals surface area contributed by atoms with Gasteiger partial charge in [0.1, 0.15) is 5.69 Å². The molecular weight excluding hydrogens is 390 g/mol. The fraction of sp³-hybridized carbons (Fsp3) is 0.476. The molecular formula is C21H28ClN5O2. The number of carbonyl (C=O) groups is 2. The normalized spacial score (nSPS) is 19.0. The molecule has 0 bridgehead atoms. The van der Waals surface area contributed by atoms with Gasteiger partial charge in [0, 0.05) is 30.9 Å². The van der Waals surface area contributed by atoms with Crippen LogP contribution >= 0.6 is 12.4 Å².